The summed E-state index contributed by atoms with van der Waals surface area (Å²) in [5.41, 5.74) is 5.23. The predicted molar refractivity (Wildman–Crippen MR) is 131 cm³/mol. The molecular weight excluding hydrogens is 426 g/mol. The molecular formula is C28H27N3O3. The van der Waals surface area contributed by atoms with Crippen molar-refractivity contribution in [1.29, 1.82) is 0 Å². The SMILES string of the molecule is COc1cc(C2c3c(-c4ccccc4)n[nH]c3C(=O)N2C(C)C)ccc1OCc1ccccc1. The lowest BCUT2D eigenvalue weighted by Gasteiger charge is -2.30. The lowest BCUT2D eigenvalue weighted by molar-refractivity contribution is 0.0687. The van der Waals surface area contributed by atoms with Crippen LogP contribution in [0.3, 0.4) is 0 Å². The molecule has 6 nitrogen and oxygen atoms in total. The van der Waals surface area contributed by atoms with Gasteiger partial charge in [0.1, 0.15) is 12.3 Å². The van der Waals surface area contributed by atoms with Crippen molar-refractivity contribution < 1.29 is 14.3 Å². The van der Waals surface area contributed by atoms with E-state index < -0.39 is 0 Å². The van der Waals surface area contributed by atoms with E-state index in [2.05, 4.69) is 10.2 Å². The van der Waals surface area contributed by atoms with Gasteiger partial charge in [0.15, 0.2) is 11.5 Å². The summed E-state index contributed by atoms with van der Waals surface area (Å²) in [7, 11) is 1.63. The minimum Gasteiger partial charge on any atom is -0.493 e. The highest BCUT2D eigenvalue weighted by atomic mass is 16.5. The summed E-state index contributed by atoms with van der Waals surface area (Å²) in [6, 6.07) is 25.6. The smallest absolute Gasteiger partial charge is 0.273 e. The Morgan fingerprint density at radius 1 is 0.971 bits per heavy atom. The molecule has 1 N–H and O–H groups in total. The van der Waals surface area contributed by atoms with Gasteiger partial charge >= 0.3 is 0 Å². The Morgan fingerprint density at radius 2 is 1.68 bits per heavy atom. The zero-order valence-corrected chi connectivity index (χ0v) is 19.5. The molecule has 0 fully saturated rings. The van der Waals surface area contributed by atoms with Gasteiger partial charge in [0.05, 0.1) is 18.8 Å². The number of carbonyl (C=O) groups is 1. The second-order valence-corrected chi connectivity index (χ2v) is 8.62. The molecule has 4 aromatic rings. The van der Waals surface area contributed by atoms with Crippen LogP contribution in [0.4, 0.5) is 0 Å². The van der Waals surface area contributed by atoms with Gasteiger partial charge in [-0.05, 0) is 37.1 Å². The zero-order valence-electron chi connectivity index (χ0n) is 19.5. The summed E-state index contributed by atoms with van der Waals surface area (Å²) >= 11 is 0. The number of amides is 1. The minimum absolute atomic E-state index is 0.00178. The number of aromatic nitrogens is 2. The first kappa shape index (κ1) is 21.8. The van der Waals surface area contributed by atoms with Crippen LogP contribution in [0.1, 0.15) is 47.1 Å². The monoisotopic (exact) mass is 453 g/mol. The van der Waals surface area contributed by atoms with Crippen molar-refractivity contribution in [2.75, 3.05) is 7.11 Å². The second kappa shape index (κ2) is 9.06. The van der Waals surface area contributed by atoms with Crippen LogP contribution < -0.4 is 9.47 Å². The number of H-pyrrole nitrogens is 1. The summed E-state index contributed by atoms with van der Waals surface area (Å²) in [6.07, 6.45) is 0. The number of fused-ring (bicyclic) bond motifs is 1. The van der Waals surface area contributed by atoms with Gasteiger partial charge in [-0.1, -0.05) is 66.7 Å². The molecule has 0 saturated carbocycles. The number of carbonyl (C=O) groups excluding carboxylic acids is 1. The standard InChI is InChI=1S/C28H27N3O3/c1-18(2)31-27(24-25(20-12-8-5-9-13-20)29-30-26(24)28(31)32)21-14-15-22(23(16-21)33-3)34-17-19-10-6-4-7-11-19/h4-16,18,27H,17H2,1-3H3,(H,29,30). The van der Waals surface area contributed by atoms with Crippen molar-refractivity contribution >= 4 is 5.91 Å². The number of nitrogens with zero attached hydrogens (tertiary/aromatic N) is 2. The van der Waals surface area contributed by atoms with E-state index in [1.165, 1.54) is 0 Å². The number of aromatic amines is 1. The van der Waals surface area contributed by atoms with E-state index in [-0.39, 0.29) is 18.0 Å². The fraction of sp³-hybridized carbons (Fsp3) is 0.214. The zero-order chi connectivity index (χ0) is 23.7. The summed E-state index contributed by atoms with van der Waals surface area (Å²) in [5.74, 6) is 1.24. The molecule has 2 heterocycles. The predicted octanol–water partition coefficient (Wildman–Crippen LogP) is 5.62. The van der Waals surface area contributed by atoms with Crippen molar-refractivity contribution in [3.8, 4) is 22.8 Å². The summed E-state index contributed by atoms with van der Waals surface area (Å²) in [4.78, 5) is 15.2. The average molecular weight is 454 g/mol. The topological polar surface area (TPSA) is 67.5 Å². The van der Waals surface area contributed by atoms with Crippen LogP contribution in [-0.2, 0) is 6.61 Å². The Bertz CT molecular complexity index is 1300. The minimum atomic E-state index is -0.284. The van der Waals surface area contributed by atoms with E-state index in [1.807, 2.05) is 97.6 Å². The van der Waals surface area contributed by atoms with E-state index in [0.717, 1.165) is 27.9 Å². The van der Waals surface area contributed by atoms with Gasteiger partial charge in [-0.2, -0.15) is 5.10 Å². The van der Waals surface area contributed by atoms with Crippen LogP contribution in [-0.4, -0.2) is 34.2 Å². The second-order valence-electron chi connectivity index (χ2n) is 8.62. The van der Waals surface area contributed by atoms with Crippen molar-refractivity contribution in [3.05, 3.63) is 101 Å². The van der Waals surface area contributed by atoms with Gasteiger partial charge in [-0.3, -0.25) is 9.89 Å². The Labute approximate surface area is 199 Å². The molecule has 0 radical (unpaired) electrons. The highest BCUT2D eigenvalue weighted by Gasteiger charge is 2.43. The molecule has 5 rings (SSSR count). The van der Waals surface area contributed by atoms with Crippen LogP contribution in [0.15, 0.2) is 78.9 Å². The van der Waals surface area contributed by atoms with E-state index >= 15 is 0 Å². The molecule has 0 aliphatic carbocycles. The van der Waals surface area contributed by atoms with Crippen molar-refractivity contribution in [2.45, 2.75) is 32.5 Å². The number of benzene rings is 3. The molecule has 0 bridgehead atoms. The molecule has 1 aliphatic heterocycles. The summed E-state index contributed by atoms with van der Waals surface area (Å²) in [6.45, 7) is 4.50. The third-order valence-electron chi connectivity index (χ3n) is 6.15. The lowest BCUT2D eigenvalue weighted by atomic mass is 9.95. The van der Waals surface area contributed by atoms with Gasteiger partial charge in [0.25, 0.3) is 5.91 Å². The quantitative estimate of drug-likeness (QED) is 0.395. The molecule has 6 heteroatoms. The number of hydrogen-bond acceptors (Lipinski definition) is 4. The van der Waals surface area contributed by atoms with Gasteiger partial charge in [0.2, 0.25) is 0 Å². The molecule has 0 saturated heterocycles. The number of ether oxygens (including phenoxy) is 2. The average Bonchev–Trinajstić information content (AvgIpc) is 3.43. The third-order valence-corrected chi connectivity index (χ3v) is 6.15. The van der Waals surface area contributed by atoms with Crippen LogP contribution in [0.2, 0.25) is 0 Å². The molecule has 3 aromatic carbocycles. The van der Waals surface area contributed by atoms with E-state index in [9.17, 15) is 4.79 Å². The van der Waals surface area contributed by atoms with Gasteiger partial charge in [-0.15, -0.1) is 0 Å². The van der Waals surface area contributed by atoms with Crippen molar-refractivity contribution in [1.82, 2.24) is 15.1 Å². The highest BCUT2D eigenvalue weighted by molar-refractivity contribution is 6.00. The van der Waals surface area contributed by atoms with Crippen LogP contribution in [0.25, 0.3) is 11.3 Å². The molecule has 1 unspecified atom stereocenters. The maximum absolute atomic E-state index is 13.3. The summed E-state index contributed by atoms with van der Waals surface area (Å²) < 4.78 is 11.7. The lowest BCUT2D eigenvalue weighted by Crippen LogP contribution is -2.35. The Hall–Kier alpha value is -4.06. The molecule has 34 heavy (non-hydrogen) atoms. The maximum Gasteiger partial charge on any atom is 0.273 e. The highest BCUT2D eigenvalue weighted by Crippen LogP contribution is 2.45. The fourth-order valence-corrected chi connectivity index (χ4v) is 4.55. The van der Waals surface area contributed by atoms with E-state index in [1.54, 1.807) is 7.11 Å². The molecule has 1 aromatic heterocycles. The van der Waals surface area contributed by atoms with Gasteiger partial charge < -0.3 is 14.4 Å². The largest absolute Gasteiger partial charge is 0.493 e. The Morgan fingerprint density at radius 3 is 2.35 bits per heavy atom. The maximum atomic E-state index is 13.3. The molecule has 1 amide bonds. The number of rotatable bonds is 7. The first-order chi connectivity index (χ1) is 16.6. The number of methoxy groups -OCH3 is 1. The Balaban J connectivity index is 1.54. The van der Waals surface area contributed by atoms with Gasteiger partial charge in [-0.25, -0.2) is 0 Å². The third kappa shape index (κ3) is 3.81. The van der Waals surface area contributed by atoms with Crippen molar-refractivity contribution in [3.63, 3.8) is 0 Å². The van der Waals surface area contributed by atoms with Crippen LogP contribution in [0.5, 0.6) is 11.5 Å². The first-order valence-corrected chi connectivity index (χ1v) is 11.4. The Kier molecular flexibility index (Phi) is 5.80. The van der Waals surface area contributed by atoms with E-state index in [4.69, 9.17) is 9.47 Å². The summed E-state index contributed by atoms with van der Waals surface area (Å²) in [5, 5.41) is 7.52. The molecule has 1 atom stereocenters. The van der Waals surface area contributed by atoms with Crippen LogP contribution >= 0.6 is 0 Å². The van der Waals surface area contributed by atoms with Crippen molar-refractivity contribution in [2.24, 2.45) is 0 Å². The van der Waals surface area contributed by atoms with E-state index in [0.29, 0.717) is 23.8 Å². The number of nitrogens with one attached hydrogen (secondary N) is 1. The normalized spacial score (nSPS) is 15.0. The fourth-order valence-electron chi connectivity index (χ4n) is 4.55. The molecule has 0 spiro atoms. The number of hydrogen-bond donors (Lipinski definition) is 1. The molecule has 1 aliphatic rings. The molecule has 172 valence electrons. The van der Waals surface area contributed by atoms with Gasteiger partial charge in [0, 0.05) is 17.2 Å². The first-order valence-electron chi connectivity index (χ1n) is 11.4. The van der Waals surface area contributed by atoms with Crippen LogP contribution in [0, 0.1) is 0 Å².